The van der Waals surface area contributed by atoms with Gasteiger partial charge >= 0.3 is 0 Å². The minimum absolute atomic E-state index is 0.0450. The number of hydrogen-bond donors (Lipinski definition) is 1. The number of benzene rings is 2. The molecule has 1 atom stereocenters. The van der Waals surface area contributed by atoms with E-state index in [9.17, 15) is 4.79 Å². The molecule has 1 aliphatic heterocycles. The molecule has 1 N–H and O–H groups in total. The standard InChI is InChI=1S/C23H27ClN4O/c1-27-21-7-3-2-6-20(21)26-22(27)16-28-14-4-5-18(15-28)23(29)25-13-12-17-8-10-19(24)11-9-17/h2-3,6-11,18H,4-5,12-16H2,1H3,(H,25,29)/t18-/m0/s1. The summed E-state index contributed by atoms with van der Waals surface area (Å²) in [6.07, 6.45) is 2.81. The molecule has 3 aromatic rings. The Labute approximate surface area is 176 Å². The van der Waals surface area contributed by atoms with E-state index in [1.807, 2.05) is 42.5 Å². The highest BCUT2D eigenvalue weighted by atomic mass is 35.5. The van der Waals surface area contributed by atoms with E-state index >= 15 is 0 Å². The third-order valence-corrected chi connectivity index (χ3v) is 6.00. The van der Waals surface area contributed by atoms with Crippen LogP contribution in [0.15, 0.2) is 48.5 Å². The number of likely N-dealkylation sites (tertiary alicyclic amines) is 1. The highest BCUT2D eigenvalue weighted by Crippen LogP contribution is 2.21. The van der Waals surface area contributed by atoms with E-state index in [1.165, 1.54) is 5.56 Å². The zero-order valence-corrected chi connectivity index (χ0v) is 17.5. The average molecular weight is 411 g/mol. The molecule has 0 bridgehead atoms. The number of piperidine rings is 1. The van der Waals surface area contributed by atoms with Crippen LogP contribution in [0, 0.1) is 5.92 Å². The first-order chi connectivity index (χ1) is 14.1. The normalized spacial score (nSPS) is 17.5. The van der Waals surface area contributed by atoms with Crippen molar-refractivity contribution in [3.63, 3.8) is 0 Å². The number of nitrogens with one attached hydrogen (secondary N) is 1. The molecule has 0 spiro atoms. The quantitative estimate of drug-likeness (QED) is 0.672. The minimum Gasteiger partial charge on any atom is -0.355 e. The number of imidazole rings is 1. The Balaban J connectivity index is 1.31. The number of para-hydroxylation sites is 2. The molecule has 6 heteroatoms. The Morgan fingerprint density at radius 3 is 2.79 bits per heavy atom. The number of aromatic nitrogens is 2. The third kappa shape index (κ3) is 4.80. The fraction of sp³-hybridized carbons (Fsp3) is 0.391. The van der Waals surface area contributed by atoms with Crippen LogP contribution in [0.3, 0.4) is 0 Å². The Morgan fingerprint density at radius 1 is 1.21 bits per heavy atom. The van der Waals surface area contributed by atoms with Gasteiger partial charge in [-0.15, -0.1) is 0 Å². The van der Waals surface area contributed by atoms with Crippen LogP contribution < -0.4 is 5.32 Å². The van der Waals surface area contributed by atoms with Gasteiger partial charge in [-0.2, -0.15) is 0 Å². The van der Waals surface area contributed by atoms with Gasteiger partial charge in [-0.25, -0.2) is 4.98 Å². The van der Waals surface area contributed by atoms with Crippen molar-refractivity contribution >= 4 is 28.5 Å². The van der Waals surface area contributed by atoms with E-state index in [1.54, 1.807) is 0 Å². The van der Waals surface area contributed by atoms with Crippen molar-refractivity contribution in [1.82, 2.24) is 19.8 Å². The molecule has 0 unspecified atom stereocenters. The van der Waals surface area contributed by atoms with E-state index in [-0.39, 0.29) is 11.8 Å². The third-order valence-electron chi connectivity index (χ3n) is 5.75. The van der Waals surface area contributed by atoms with Gasteiger partial charge in [0.05, 0.1) is 23.5 Å². The second kappa shape index (κ2) is 8.97. The molecule has 4 rings (SSSR count). The van der Waals surface area contributed by atoms with Crippen LogP contribution in [0.2, 0.25) is 5.02 Å². The number of carbonyl (C=O) groups is 1. The Morgan fingerprint density at radius 2 is 2.00 bits per heavy atom. The number of hydrogen-bond acceptors (Lipinski definition) is 3. The summed E-state index contributed by atoms with van der Waals surface area (Å²) < 4.78 is 2.16. The number of carbonyl (C=O) groups excluding carboxylic acids is 1. The van der Waals surface area contributed by atoms with Crippen molar-refractivity contribution in [2.45, 2.75) is 25.8 Å². The topological polar surface area (TPSA) is 50.2 Å². The highest BCUT2D eigenvalue weighted by molar-refractivity contribution is 6.30. The van der Waals surface area contributed by atoms with Crippen molar-refractivity contribution in [1.29, 1.82) is 0 Å². The van der Waals surface area contributed by atoms with E-state index in [0.717, 1.165) is 60.8 Å². The predicted molar refractivity (Wildman–Crippen MR) is 117 cm³/mol. The SMILES string of the molecule is Cn1c(CN2CCC[C@H](C(=O)NCCc3ccc(Cl)cc3)C2)nc2ccccc21. The van der Waals surface area contributed by atoms with Gasteiger partial charge in [0.25, 0.3) is 0 Å². The largest absolute Gasteiger partial charge is 0.355 e. The molecular formula is C23H27ClN4O. The summed E-state index contributed by atoms with van der Waals surface area (Å²) in [5.41, 5.74) is 3.36. The van der Waals surface area contributed by atoms with Gasteiger partial charge in [-0.05, 0) is 55.6 Å². The number of fused-ring (bicyclic) bond motifs is 1. The Hall–Kier alpha value is -2.37. The van der Waals surface area contributed by atoms with Gasteiger partial charge in [-0.3, -0.25) is 9.69 Å². The van der Waals surface area contributed by atoms with Gasteiger partial charge in [-0.1, -0.05) is 35.9 Å². The fourth-order valence-electron chi connectivity index (χ4n) is 4.08. The highest BCUT2D eigenvalue weighted by Gasteiger charge is 2.26. The van der Waals surface area contributed by atoms with Gasteiger partial charge in [0.1, 0.15) is 5.82 Å². The van der Waals surface area contributed by atoms with Gasteiger partial charge in [0.15, 0.2) is 0 Å². The van der Waals surface area contributed by atoms with Crippen molar-refractivity contribution in [2.24, 2.45) is 13.0 Å². The van der Waals surface area contributed by atoms with Crippen LogP contribution >= 0.6 is 11.6 Å². The summed E-state index contributed by atoms with van der Waals surface area (Å²) in [7, 11) is 2.07. The Kier molecular flexibility index (Phi) is 6.16. The van der Waals surface area contributed by atoms with Crippen molar-refractivity contribution < 1.29 is 4.79 Å². The maximum atomic E-state index is 12.7. The van der Waals surface area contributed by atoms with Crippen molar-refractivity contribution in [3.05, 3.63) is 64.9 Å². The lowest BCUT2D eigenvalue weighted by Gasteiger charge is -2.31. The van der Waals surface area contributed by atoms with E-state index in [4.69, 9.17) is 16.6 Å². The molecule has 2 aromatic carbocycles. The number of nitrogens with zero attached hydrogens (tertiary/aromatic N) is 3. The summed E-state index contributed by atoms with van der Waals surface area (Å²) in [5.74, 6) is 1.26. The van der Waals surface area contributed by atoms with Gasteiger partial charge < -0.3 is 9.88 Å². The molecule has 0 aliphatic carbocycles. The van der Waals surface area contributed by atoms with Crippen LogP contribution in [0.1, 0.15) is 24.2 Å². The molecule has 152 valence electrons. The smallest absolute Gasteiger partial charge is 0.224 e. The van der Waals surface area contributed by atoms with Crippen LogP contribution in [0.25, 0.3) is 11.0 Å². The first-order valence-corrected chi connectivity index (χ1v) is 10.6. The van der Waals surface area contributed by atoms with Gasteiger partial charge in [0, 0.05) is 25.2 Å². The summed E-state index contributed by atoms with van der Waals surface area (Å²) >= 11 is 5.92. The van der Waals surface area contributed by atoms with E-state index in [0.29, 0.717) is 6.54 Å². The summed E-state index contributed by atoms with van der Waals surface area (Å²) in [6, 6.07) is 16.0. The van der Waals surface area contributed by atoms with Crippen LogP contribution in [0.5, 0.6) is 0 Å². The van der Waals surface area contributed by atoms with Crippen molar-refractivity contribution in [3.8, 4) is 0 Å². The van der Waals surface area contributed by atoms with Crippen LogP contribution in [-0.2, 0) is 24.8 Å². The van der Waals surface area contributed by atoms with E-state index < -0.39 is 0 Å². The number of halogens is 1. The van der Waals surface area contributed by atoms with Crippen molar-refractivity contribution in [2.75, 3.05) is 19.6 Å². The summed E-state index contributed by atoms with van der Waals surface area (Å²) in [6.45, 7) is 3.23. The maximum absolute atomic E-state index is 12.7. The molecule has 1 fully saturated rings. The fourth-order valence-corrected chi connectivity index (χ4v) is 4.20. The monoisotopic (exact) mass is 410 g/mol. The second-order valence-electron chi connectivity index (χ2n) is 7.82. The molecule has 1 aromatic heterocycles. The predicted octanol–water partition coefficient (Wildman–Crippen LogP) is 3.80. The second-order valence-corrected chi connectivity index (χ2v) is 8.25. The molecule has 0 saturated carbocycles. The zero-order chi connectivity index (χ0) is 20.2. The molecule has 29 heavy (non-hydrogen) atoms. The van der Waals surface area contributed by atoms with Crippen LogP contribution in [-0.4, -0.2) is 40.0 Å². The number of rotatable bonds is 6. The zero-order valence-electron chi connectivity index (χ0n) is 16.8. The number of amides is 1. The summed E-state index contributed by atoms with van der Waals surface area (Å²) in [4.78, 5) is 19.8. The minimum atomic E-state index is 0.0450. The molecule has 1 saturated heterocycles. The van der Waals surface area contributed by atoms with Gasteiger partial charge in [0.2, 0.25) is 5.91 Å². The molecule has 2 heterocycles. The maximum Gasteiger partial charge on any atom is 0.224 e. The first kappa shape index (κ1) is 19.9. The molecule has 1 aliphatic rings. The Bertz CT molecular complexity index is 982. The van der Waals surface area contributed by atoms with Crippen LogP contribution in [0.4, 0.5) is 0 Å². The lowest BCUT2D eigenvalue weighted by atomic mass is 9.97. The first-order valence-electron chi connectivity index (χ1n) is 10.2. The van der Waals surface area contributed by atoms with E-state index in [2.05, 4.69) is 27.9 Å². The summed E-state index contributed by atoms with van der Waals surface area (Å²) in [5, 5.41) is 3.85. The lowest BCUT2D eigenvalue weighted by Crippen LogP contribution is -2.43. The molecular weight excluding hydrogens is 384 g/mol. The lowest BCUT2D eigenvalue weighted by molar-refractivity contribution is -0.126. The average Bonchev–Trinajstić information content (AvgIpc) is 3.05. The molecule has 0 radical (unpaired) electrons. The molecule has 5 nitrogen and oxygen atoms in total. The number of aryl methyl sites for hydroxylation is 1. The molecule has 1 amide bonds.